The van der Waals surface area contributed by atoms with Crippen LogP contribution in [0.3, 0.4) is 0 Å². The highest BCUT2D eigenvalue weighted by Crippen LogP contribution is 2.19. The van der Waals surface area contributed by atoms with Crippen molar-refractivity contribution in [1.29, 1.82) is 0 Å². The summed E-state index contributed by atoms with van der Waals surface area (Å²) in [5.41, 5.74) is 0.771. The van der Waals surface area contributed by atoms with Gasteiger partial charge in [-0.25, -0.2) is 9.36 Å². The van der Waals surface area contributed by atoms with E-state index in [2.05, 4.69) is 0 Å². The number of hydrogen-bond donors (Lipinski definition) is 2. The Morgan fingerprint density at radius 1 is 1.19 bits per heavy atom. The Morgan fingerprint density at radius 2 is 1.88 bits per heavy atom. The van der Waals surface area contributed by atoms with Crippen molar-refractivity contribution in [3.05, 3.63) is 36.0 Å². The zero-order valence-corrected chi connectivity index (χ0v) is 8.25. The molecule has 0 aliphatic rings. The van der Waals surface area contributed by atoms with Gasteiger partial charge in [0.2, 0.25) is 0 Å². The highest BCUT2D eigenvalue weighted by Gasteiger charge is 2.15. The molecule has 0 aliphatic heterocycles. The van der Waals surface area contributed by atoms with Gasteiger partial charge in [0.05, 0.1) is 11.9 Å². The molecule has 0 fully saturated rings. The number of rotatable bonds is 2. The van der Waals surface area contributed by atoms with Crippen LogP contribution in [-0.2, 0) is 11.2 Å². The number of aliphatic carboxylic acids is 1. The Morgan fingerprint density at radius 3 is 2.50 bits per heavy atom. The lowest BCUT2D eigenvalue weighted by atomic mass is 10.2. The summed E-state index contributed by atoms with van der Waals surface area (Å²) in [4.78, 5) is 21.7. The Hall–Kier alpha value is -2.30. The van der Waals surface area contributed by atoms with E-state index in [-0.39, 0.29) is 12.1 Å². The molecular formula is C11H9NO4. The van der Waals surface area contributed by atoms with Gasteiger partial charge in [-0.15, -0.1) is 0 Å². The fourth-order valence-electron chi connectivity index (χ4n) is 1.72. The number of aromatic nitrogens is 1. The second-order valence-corrected chi connectivity index (χ2v) is 3.38. The van der Waals surface area contributed by atoms with Gasteiger partial charge in [0.1, 0.15) is 0 Å². The first-order chi connectivity index (χ1) is 7.59. The van der Waals surface area contributed by atoms with Crippen LogP contribution < -0.4 is 0 Å². The van der Waals surface area contributed by atoms with Crippen LogP contribution in [-0.4, -0.2) is 26.8 Å². The molecule has 0 atom stereocenters. The van der Waals surface area contributed by atoms with E-state index in [1.54, 1.807) is 30.3 Å². The number of carbonyl (C=O) groups is 2. The topological polar surface area (TPSA) is 79.5 Å². The van der Waals surface area contributed by atoms with E-state index >= 15 is 0 Å². The Labute approximate surface area is 90.5 Å². The van der Waals surface area contributed by atoms with Gasteiger partial charge < -0.3 is 10.2 Å². The molecule has 16 heavy (non-hydrogen) atoms. The summed E-state index contributed by atoms with van der Waals surface area (Å²) in [5, 5.41) is 18.5. The van der Waals surface area contributed by atoms with Crippen LogP contribution in [0.2, 0.25) is 0 Å². The van der Waals surface area contributed by atoms with Crippen LogP contribution in [0.25, 0.3) is 10.9 Å². The van der Waals surface area contributed by atoms with E-state index in [0.29, 0.717) is 5.52 Å². The minimum Gasteiger partial charge on any atom is -0.481 e. The molecule has 1 heterocycles. The molecule has 2 N–H and O–H groups in total. The first kappa shape index (κ1) is 10.2. The SMILES string of the molecule is O=C(O)Cc1cc2ccccc2n1C(=O)O. The Balaban J connectivity index is 2.68. The summed E-state index contributed by atoms with van der Waals surface area (Å²) in [6.45, 7) is 0. The van der Waals surface area contributed by atoms with Crippen molar-refractivity contribution < 1.29 is 19.8 Å². The average molecular weight is 219 g/mol. The standard InChI is InChI=1S/C11H9NO4/c13-10(14)6-8-5-7-3-1-2-4-9(7)12(8)11(15)16/h1-5H,6H2,(H,13,14)(H,15,16). The minimum absolute atomic E-state index is 0.265. The van der Waals surface area contributed by atoms with Gasteiger partial charge in [-0.3, -0.25) is 4.79 Å². The third-order valence-electron chi connectivity index (χ3n) is 2.31. The summed E-state index contributed by atoms with van der Waals surface area (Å²) >= 11 is 0. The molecule has 0 radical (unpaired) electrons. The third-order valence-corrected chi connectivity index (χ3v) is 2.31. The number of benzene rings is 1. The highest BCUT2D eigenvalue weighted by atomic mass is 16.4. The fraction of sp³-hybridized carbons (Fsp3) is 0.0909. The first-order valence-corrected chi connectivity index (χ1v) is 4.64. The van der Waals surface area contributed by atoms with Crippen molar-refractivity contribution in [2.45, 2.75) is 6.42 Å². The lowest BCUT2D eigenvalue weighted by molar-refractivity contribution is -0.136. The van der Waals surface area contributed by atoms with E-state index in [1.165, 1.54) is 0 Å². The summed E-state index contributed by atoms with van der Waals surface area (Å²) in [6.07, 6.45) is -1.47. The summed E-state index contributed by atoms with van der Waals surface area (Å²) in [6, 6.07) is 8.47. The average Bonchev–Trinajstić information content (AvgIpc) is 2.53. The predicted octanol–water partition coefficient (Wildman–Crippen LogP) is 1.79. The number of hydrogen-bond acceptors (Lipinski definition) is 2. The number of fused-ring (bicyclic) bond motifs is 1. The van der Waals surface area contributed by atoms with Gasteiger partial charge in [0, 0.05) is 11.1 Å². The van der Waals surface area contributed by atoms with Gasteiger partial charge in [-0.2, -0.15) is 0 Å². The van der Waals surface area contributed by atoms with Crippen molar-refractivity contribution in [3.8, 4) is 0 Å². The molecule has 0 saturated heterocycles. The molecule has 0 bridgehead atoms. The molecule has 0 unspecified atom stereocenters. The second-order valence-electron chi connectivity index (χ2n) is 3.38. The molecule has 0 spiro atoms. The Bertz CT molecular complexity index is 570. The van der Waals surface area contributed by atoms with Gasteiger partial charge in [0.25, 0.3) is 0 Å². The van der Waals surface area contributed by atoms with Crippen molar-refractivity contribution >= 4 is 23.0 Å². The minimum atomic E-state index is -1.17. The number of para-hydroxylation sites is 1. The van der Waals surface area contributed by atoms with E-state index < -0.39 is 12.1 Å². The number of carboxylic acid groups (broad SMARTS) is 2. The Kier molecular flexibility index (Phi) is 2.36. The monoisotopic (exact) mass is 219 g/mol. The van der Waals surface area contributed by atoms with Gasteiger partial charge >= 0.3 is 12.1 Å². The first-order valence-electron chi connectivity index (χ1n) is 4.64. The van der Waals surface area contributed by atoms with Crippen LogP contribution >= 0.6 is 0 Å². The summed E-state index contributed by atoms with van der Waals surface area (Å²) in [7, 11) is 0. The highest BCUT2D eigenvalue weighted by molar-refractivity contribution is 5.91. The zero-order valence-electron chi connectivity index (χ0n) is 8.25. The van der Waals surface area contributed by atoms with Crippen LogP contribution in [0.5, 0.6) is 0 Å². The maximum absolute atomic E-state index is 11.0. The van der Waals surface area contributed by atoms with Crippen molar-refractivity contribution in [2.75, 3.05) is 0 Å². The van der Waals surface area contributed by atoms with Crippen LogP contribution in [0.4, 0.5) is 4.79 Å². The molecular weight excluding hydrogens is 210 g/mol. The summed E-state index contributed by atoms with van der Waals surface area (Å²) in [5.74, 6) is -1.05. The molecule has 0 amide bonds. The second kappa shape index (κ2) is 3.69. The van der Waals surface area contributed by atoms with Gasteiger partial charge in [0.15, 0.2) is 0 Å². The molecule has 5 nitrogen and oxygen atoms in total. The van der Waals surface area contributed by atoms with Crippen LogP contribution in [0.1, 0.15) is 5.69 Å². The summed E-state index contributed by atoms with van der Waals surface area (Å²) < 4.78 is 1.00. The molecule has 2 aromatic rings. The van der Waals surface area contributed by atoms with E-state index in [0.717, 1.165) is 9.95 Å². The molecule has 82 valence electrons. The predicted molar refractivity (Wildman–Crippen MR) is 56.7 cm³/mol. The maximum atomic E-state index is 11.0. The molecule has 0 aliphatic carbocycles. The smallest absolute Gasteiger partial charge is 0.416 e. The third kappa shape index (κ3) is 1.63. The number of carboxylic acids is 1. The van der Waals surface area contributed by atoms with E-state index in [1.807, 2.05) is 0 Å². The van der Waals surface area contributed by atoms with E-state index in [9.17, 15) is 9.59 Å². The van der Waals surface area contributed by atoms with Crippen molar-refractivity contribution in [1.82, 2.24) is 4.57 Å². The quantitative estimate of drug-likeness (QED) is 0.807. The largest absolute Gasteiger partial charge is 0.481 e. The molecule has 1 aromatic heterocycles. The molecule has 1 aromatic carbocycles. The normalized spacial score (nSPS) is 10.5. The fourth-order valence-corrected chi connectivity index (χ4v) is 1.72. The number of nitrogens with zero attached hydrogens (tertiary/aromatic N) is 1. The van der Waals surface area contributed by atoms with Crippen LogP contribution in [0.15, 0.2) is 30.3 Å². The molecule has 5 heteroatoms. The lowest BCUT2D eigenvalue weighted by Crippen LogP contribution is -2.14. The molecule has 2 rings (SSSR count). The van der Waals surface area contributed by atoms with Gasteiger partial charge in [-0.1, -0.05) is 18.2 Å². The van der Waals surface area contributed by atoms with Crippen molar-refractivity contribution in [2.24, 2.45) is 0 Å². The molecule has 0 saturated carbocycles. The lowest BCUT2D eigenvalue weighted by Gasteiger charge is -2.02. The maximum Gasteiger partial charge on any atom is 0.416 e. The zero-order chi connectivity index (χ0) is 11.7. The van der Waals surface area contributed by atoms with E-state index in [4.69, 9.17) is 10.2 Å². The van der Waals surface area contributed by atoms with Crippen molar-refractivity contribution in [3.63, 3.8) is 0 Å². The van der Waals surface area contributed by atoms with Gasteiger partial charge in [-0.05, 0) is 12.1 Å². The van der Waals surface area contributed by atoms with Crippen LogP contribution in [0, 0.1) is 0 Å².